The molecule has 2 N–H and O–H groups in total. The minimum atomic E-state index is -3.40. The van der Waals surface area contributed by atoms with Crippen molar-refractivity contribution >= 4 is 33.4 Å². The molecule has 9 heteroatoms. The Kier molecular flexibility index (Phi) is 5.97. The van der Waals surface area contributed by atoms with Gasteiger partial charge in [-0.05, 0) is 47.5 Å². The summed E-state index contributed by atoms with van der Waals surface area (Å²) >= 11 is 0. The summed E-state index contributed by atoms with van der Waals surface area (Å²) in [6.45, 7) is 0.257. The van der Waals surface area contributed by atoms with Crippen molar-refractivity contribution in [3.8, 4) is 0 Å². The topological polar surface area (TPSA) is 113 Å². The van der Waals surface area contributed by atoms with Crippen LogP contribution in [0.15, 0.2) is 72.8 Å². The Bertz CT molecular complexity index is 1330. The van der Waals surface area contributed by atoms with Gasteiger partial charge in [0.15, 0.2) is 0 Å². The maximum Gasteiger partial charge on any atom is 0.261 e. The van der Waals surface area contributed by atoms with Crippen LogP contribution in [0, 0.1) is 0 Å². The third kappa shape index (κ3) is 5.09. The summed E-state index contributed by atoms with van der Waals surface area (Å²) in [4.78, 5) is 39.0. The molecule has 4 rings (SSSR count). The summed E-state index contributed by atoms with van der Waals surface area (Å²) in [5.41, 5.74) is 2.92. The second-order valence-electron chi connectivity index (χ2n) is 7.70. The number of fused-ring (bicyclic) bond motifs is 1. The molecule has 0 fully saturated rings. The first-order chi connectivity index (χ1) is 15.7. The zero-order chi connectivity index (χ0) is 23.6. The van der Waals surface area contributed by atoms with E-state index in [0.29, 0.717) is 27.9 Å². The van der Waals surface area contributed by atoms with Crippen molar-refractivity contribution in [2.24, 2.45) is 0 Å². The molecule has 0 spiro atoms. The maximum atomic E-state index is 12.7. The molecular formula is C24H21N3O5S. The molecule has 1 aliphatic rings. The maximum absolute atomic E-state index is 12.7. The van der Waals surface area contributed by atoms with Crippen LogP contribution in [-0.4, -0.2) is 37.3 Å². The van der Waals surface area contributed by atoms with E-state index in [4.69, 9.17) is 0 Å². The number of rotatable bonds is 7. The van der Waals surface area contributed by atoms with E-state index >= 15 is 0 Å². The Morgan fingerprint density at radius 1 is 0.848 bits per heavy atom. The molecule has 0 radical (unpaired) electrons. The molecule has 0 aliphatic carbocycles. The zero-order valence-electron chi connectivity index (χ0n) is 17.7. The quantitative estimate of drug-likeness (QED) is 0.523. The molecule has 8 nitrogen and oxygen atoms in total. The first kappa shape index (κ1) is 22.2. The third-order valence-corrected chi connectivity index (χ3v) is 5.70. The number of nitrogens with one attached hydrogen (secondary N) is 2. The summed E-state index contributed by atoms with van der Waals surface area (Å²) < 4.78 is 25.2. The second kappa shape index (κ2) is 8.87. The fourth-order valence-electron chi connectivity index (χ4n) is 3.62. The summed E-state index contributed by atoms with van der Waals surface area (Å²) in [5, 5.41) is 2.79. The van der Waals surface area contributed by atoms with Gasteiger partial charge in [0.2, 0.25) is 10.0 Å². The van der Waals surface area contributed by atoms with Crippen LogP contribution in [0.1, 0.15) is 42.2 Å². The van der Waals surface area contributed by atoms with Crippen LogP contribution in [0.25, 0.3) is 0 Å². The Hall–Kier alpha value is -3.98. The van der Waals surface area contributed by atoms with Crippen molar-refractivity contribution in [2.45, 2.75) is 13.1 Å². The lowest BCUT2D eigenvalue weighted by atomic mass is 10.1. The lowest BCUT2D eigenvalue weighted by Crippen LogP contribution is -2.29. The summed E-state index contributed by atoms with van der Waals surface area (Å²) in [6.07, 6.45) is 1.07. The number of hydrogen-bond acceptors (Lipinski definition) is 5. The normalized spacial score (nSPS) is 13.1. The van der Waals surface area contributed by atoms with E-state index in [9.17, 15) is 22.8 Å². The average Bonchev–Trinajstić information content (AvgIpc) is 3.02. The van der Waals surface area contributed by atoms with Gasteiger partial charge in [-0.2, -0.15) is 0 Å². The number of sulfonamides is 1. The number of carbonyl (C=O) groups excluding carboxylic acids is 3. The molecule has 0 aromatic heterocycles. The Balaban J connectivity index is 1.42. The van der Waals surface area contributed by atoms with Crippen molar-refractivity contribution in [2.75, 3.05) is 11.0 Å². The van der Waals surface area contributed by atoms with Crippen molar-refractivity contribution in [1.82, 2.24) is 10.2 Å². The van der Waals surface area contributed by atoms with E-state index in [-0.39, 0.29) is 30.8 Å². The van der Waals surface area contributed by atoms with Crippen molar-refractivity contribution in [1.29, 1.82) is 0 Å². The molecule has 0 unspecified atom stereocenters. The van der Waals surface area contributed by atoms with Crippen LogP contribution in [0.2, 0.25) is 0 Å². The number of benzene rings is 3. The number of hydrogen-bond donors (Lipinski definition) is 2. The molecule has 1 aliphatic heterocycles. The van der Waals surface area contributed by atoms with Gasteiger partial charge in [-0.15, -0.1) is 0 Å². The monoisotopic (exact) mass is 463 g/mol. The lowest BCUT2D eigenvalue weighted by molar-refractivity contribution is 0.0642. The molecule has 33 heavy (non-hydrogen) atoms. The average molecular weight is 464 g/mol. The molecule has 0 bridgehead atoms. The fraction of sp³-hybridized carbons (Fsp3) is 0.125. The number of amides is 3. The molecule has 3 aromatic rings. The highest BCUT2D eigenvalue weighted by Gasteiger charge is 2.34. The van der Waals surface area contributed by atoms with Gasteiger partial charge in [0.05, 0.1) is 23.9 Å². The van der Waals surface area contributed by atoms with E-state index in [1.54, 1.807) is 72.8 Å². The molecule has 0 saturated carbocycles. The number of carbonyl (C=O) groups is 3. The van der Waals surface area contributed by atoms with Crippen LogP contribution in [0.3, 0.4) is 0 Å². The van der Waals surface area contributed by atoms with Crippen molar-refractivity contribution in [3.05, 3.63) is 101 Å². The number of nitrogens with zero attached hydrogens (tertiary/aromatic N) is 1. The lowest BCUT2D eigenvalue weighted by Gasteiger charge is -2.14. The molecule has 0 saturated heterocycles. The second-order valence-corrected chi connectivity index (χ2v) is 9.45. The molecular weight excluding hydrogens is 442 g/mol. The SMILES string of the molecule is CS(=O)(=O)Nc1cccc(CNC(=O)c2cccc(CN3C(=O)c4ccccc4C3=O)c2)c1. The van der Waals surface area contributed by atoms with Gasteiger partial charge < -0.3 is 5.32 Å². The van der Waals surface area contributed by atoms with Gasteiger partial charge in [-0.3, -0.25) is 24.0 Å². The van der Waals surface area contributed by atoms with Crippen LogP contribution in [-0.2, 0) is 23.1 Å². The van der Waals surface area contributed by atoms with E-state index < -0.39 is 10.0 Å². The highest BCUT2D eigenvalue weighted by atomic mass is 32.2. The van der Waals surface area contributed by atoms with Crippen molar-refractivity contribution in [3.63, 3.8) is 0 Å². The Labute approximate surface area is 191 Å². The van der Waals surface area contributed by atoms with Crippen LogP contribution in [0.5, 0.6) is 0 Å². The molecule has 1 heterocycles. The van der Waals surface area contributed by atoms with Crippen molar-refractivity contribution < 1.29 is 22.8 Å². The largest absolute Gasteiger partial charge is 0.348 e. The van der Waals surface area contributed by atoms with Gasteiger partial charge in [0, 0.05) is 17.8 Å². The highest BCUT2D eigenvalue weighted by Crippen LogP contribution is 2.24. The molecule has 3 amide bonds. The van der Waals surface area contributed by atoms with Crippen LogP contribution >= 0.6 is 0 Å². The van der Waals surface area contributed by atoms with Gasteiger partial charge in [-0.1, -0.05) is 36.4 Å². The Morgan fingerprint density at radius 3 is 2.15 bits per heavy atom. The summed E-state index contributed by atoms with van der Waals surface area (Å²) in [5.74, 6) is -1.04. The fourth-order valence-corrected chi connectivity index (χ4v) is 4.17. The zero-order valence-corrected chi connectivity index (χ0v) is 18.6. The minimum Gasteiger partial charge on any atom is -0.348 e. The van der Waals surface area contributed by atoms with E-state index in [2.05, 4.69) is 10.0 Å². The predicted octanol–water partition coefficient (Wildman–Crippen LogP) is 2.78. The van der Waals surface area contributed by atoms with Gasteiger partial charge >= 0.3 is 0 Å². The van der Waals surface area contributed by atoms with E-state index in [1.807, 2.05) is 0 Å². The summed E-state index contributed by atoms with van der Waals surface area (Å²) in [6, 6.07) is 20.1. The summed E-state index contributed by atoms with van der Waals surface area (Å²) in [7, 11) is -3.40. The molecule has 3 aromatic carbocycles. The van der Waals surface area contributed by atoms with Gasteiger partial charge in [0.25, 0.3) is 17.7 Å². The smallest absolute Gasteiger partial charge is 0.261 e. The molecule has 168 valence electrons. The van der Waals surface area contributed by atoms with Crippen LogP contribution in [0.4, 0.5) is 5.69 Å². The van der Waals surface area contributed by atoms with Gasteiger partial charge in [0.1, 0.15) is 0 Å². The van der Waals surface area contributed by atoms with Crippen LogP contribution < -0.4 is 10.0 Å². The third-order valence-electron chi connectivity index (χ3n) is 5.09. The minimum absolute atomic E-state index is 0.0622. The van der Waals surface area contributed by atoms with E-state index in [1.165, 1.54) is 4.90 Å². The molecule has 0 atom stereocenters. The predicted molar refractivity (Wildman–Crippen MR) is 123 cm³/mol. The number of imide groups is 1. The number of anilines is 1. The van der Waals surface area contributed by atoms with Gasteiger partial charge in [-0.25, -0.2) is 8.42 Å². The standard InChI is InChI=1S/C24H21N3O5S/c1-33(31,32)26-19-9-5-6-16(13-19)14-25-22(28)18-8-4-7-17(12-18)15-27-23(29)20-10-2-3-11-21(20)24(27)30/h2-13,26H,14-15H2,1H3,(H,25,28). The van der Waals surface area contributed by atoms with E-state index in [0.717, 1.165) is 11.8 Å². The first-order valence-electron chi connectivity index (χ1n) is 10.1. The first-order valence-corrected chi connectivity index (χ1v) is 12.0. The highest BCUT2D eigenvalue weighted by molar-refractivity contribution is 7.92. The Morgan fingerprint density at radius 2 is 1.48 bits per heavy atom.